The standard InChI is InChI=1S/C19H20F3N5O2S/c1-24-15-14(16(28)25(2)18(24)29)27(17(23-15)26-7-9-30-10-8-26)11-12-3-5-13(6-4-12)19(20,21)22/h3-6H,7-11H2,1-2H3. The molecule has 11 heteroatoms. The topological polar surface area (TPSA) is 65.1 Å². The summed E-state index contributed by atoms with van der Waals surface area (Å²) in [6, 6.07) is 4.85. The second-order valence-corrected chi connectivity index (χ2v) is 8.39. The molecule has 1 fully saturated rings. The van der Waals surface area contributed by atoms with Gasteiger partial charge in [0, 0.05) is 38.7 Å². The highest BCUT2D eigenvalue weighted by Crippen LogP contribution is 2.30. The Morgan fingerprint density at radius 1 is 1.03 bits per heavy atom. The lowest BCUT2D eigenvalue weighted by molar-refractivity contribution is -0.137. The summed E-state index contributed by atoms with van der Waals surface area (Å²) in [6.07, 6.45) is -4.41. The van der Waals surface area contributed by atoms with Gasteiger partial charge in [-0.3, -0.25) is 18.5 Å². The molecule has 1 saturated heterocycles. The van der Waals surface area contributed by atoms with Crippen molar-refractivity contribution in [1.29, 1.82) is 0 Å². The summed E-state index contributed by atoms with van der Waals surface area (Å²) >= 11 is 1.82. The van der Waals surface area contributed by atoms with Gasteiger partial charge >= 0.3 is 11.9 Å². The number of nitrogens with zero attached hydrogens (tertiary/aromatic N) is 5. The van der Waals surface area contributed by atoms with Crippen molar-refractivity contribution in [3.8, 4) is 0 Å². The van der Waals surface area contributed by atoms with Crippen molar-refractivity contribution in [1.82, 2.24) is 18.7 Å². The van der Waals surface area contributed by atoms with Crippen molar-refractivity contribution >= 4 is 28.9 Å². The van der Waals surface area contributed by atoms with Gasteiger partial charge in [-0.25, -0.2) is 4.79 Å². The second kappa shape index (κ2) is 7.53. The van der Waals surface area contributed by atoms with Crippen LogP contribution < -0.4 is 16.1 Å². The van der Waals surface area contributed by atoms with Gasteiger partial charge in [-0.05, 0) is 17.7 Å². The number of thioether (sulfide) groups is 1. The molecule has 1 aliphatic heterocycles. The zero-order valence-corrected chi connectivity index (χ0v) is 17.3. The molecule has 0 spiro atoms. The molecule has 0 amide bonds. The fraction of sp³-hybridized carbons (Fsp3) is 0.421. The number of aromatic nitrogens is 4. The van der Waals surface area contributed by atoms with Crippen LogP contribution in [0.15, 0.2) is 33.9 Å². The van der Waals surface area contributed by atoms with Gasteiger partial charge in [0.05, 0.1) is 12.1 Å². The van der Waals surface area contributed by atoms with Crippen LogP contribution in [0.2, 0.25) is 0 Å². The third kappa shape index (κ3) is 3.51. The van der Waals surface area contributed by atoms with E-state index in [0.717, 1.165) is 41.3 Å². The number of imidazole rings is 1. The van der Waals surface area contributed by atoms with Crippen LogP contribution in [0.4, 0.5) is 19.1 Å². The van der Waals surface area contributed by atoms with Crippen LogP contribution in [0.5, 0.6) is 0 Å². The van der Waals surface area contributed by atoms with Crippen LogP contribution in [0.25, 0.3) is 11.2 Å². The summed E-state index contributed by atoms with van der Waals surface area (Å²) in [7, 11) is 2.95. The maximum atomic E-state index is 12.9. The van der Waals surface area contributed by atoms with Gasteiger partial charge in [0.15, 0.2) is 11.2 Å². The summed E-state index contributed by atoms with van der Waals surface area (Å²) in [6.45, 7) is 1.63. The van der Waals surface area contributed by atoms with E-state index in [4.69, 9.17) is 0 Å². The molecule has 160 valence electrons. The van der Waals surface area contributed by atoms with Crippen molar-refractivity contribution in [2.45, 2.75) is 12.7 Å². The van der Waals surface area contributed by atoms with Crippen LogP contribution in [0.3, 0.4) is 0 Å². The van der Waals surface area contributed by atoms with E-state index in [-0.39, 0.29) is 17.7 Å². The first-order valence-corrected chi connectivity index (χ1v) is 10.5. The molecule has 1 aromatic carbocycles. The third-order valence-corrected chi connectivity index (χ3v) is 6.19. The first-order valence-electron chi connectivity index (χ1n) is 9.33. The number of hydrogen-bond acceptors (Lipinski definition) is 5. The number of anilines is 1. The third-order valence-electron chi connectivity index (χ3n) is 5.24. The van der Waals surface area contributed by atoms with E-state index in [0.29, 0.717) is 11.5 Å². The highest BCUT2D eigenvalue weighted by molar-refractivity contribution is 7.99. The molecule has 0 unspecified atom stereocenters. The number of hydrogen-bond donors (Lipinski definition) is 0. The number of alkyl halides is 3. The van der Waals surface area contributed by atoms with Gasteiger partial charge in [-0.2, -0.15) is 29.9 Å². The van der Waals surface area contributed by atoms with Gasteiger partial charge in [0.2, 0.25) is 5.95 Å². The molecule has 4 rings (SSSR count). The van der Waals surface area contributed by atoms with Gasteiger partial charge in [0.25, 0.3) is 5.56 Å². The highest BCUT2D eigenvalue weighted by Gasteiger charge is 2.30. The maximum Gasteiger partial charge on any atom is 0.416 e. The molecule has 1 aliphatic rings. The zero-order valence-electron chi connectivity index (χ0n) is 16.4. The lowest BCUT2D eigenvalue weighted by Gasteiger charge is -2.28. The number of rotatable bonds is 3. The molecule has 0 N–H and O–H groups in total. The molecular weight excluding hydrogens is 419 g/mol. The fourth-order valence-electron chi connectivity index (χ4n) is 3.57. The van der Waals surface area contributed by atoms with Crippen LogP contribution in [0.1, 0.15) is 11.1 Å². The van der Waals surface area contributed by atoms with E-state index >= 15 is 0 Å². The first-order chi connectivity index (χ1) is 14.2. The molecule has 2 aromatic heterocycles. The summed E-state index contributed by atoms with van der Waals surface area (Å²) < 4.78 is 42.7. The van der Waals surface area contributed by atoms with Gasteiger partial charge < -0.3 is 4.90 Å². The largest absolute Gasteiger partial charge is 0.416 e. The summed E-state index contributed by atoms with van der Waals surface area (Å²) in [5.41, 5.74) is -0.562. The minimum absolute atomic E-state index is 0.168. The first kappa shape index (κ1) is 20.6. The quantitative estimate of drug-likeness (QED) is 0.625. The van der Waals surface area contributed by atoms with E-state index < -0.39 is 23.0 Å². The molecule has 0 atom stereocenters. The van der Waals surface area contributed by atoms with E-state index in [1.807, 2.05) is 16.7 Å². The van der Waals surface area contributed by atoms with E-state index in [1.54, 1.807) is 11.6 Å². The predicted molar refractivity (Wildman–Crippen MR) is 110 cm³/mol. The number of aryl methyl sites for hydroxylation is 1. The lowest BCUT2D eigenvalue weighted by atomic mass is 10.1. The maximum absolute atomic E-state index is 12.9. The number of halogens is 3. The molecule has 0 radical (unpaired) electrons. The molecule has 7 nitrogen and oxygen atoms in total. The molecular formula is C19H20F3N5O2S. The summed E-state index contributed by atoms with van der Waals surface area (Å²) in [4.78, 5) is 31.9. The van der Waals surface area contributed by atoms with E-state index in [2.05, 4.69) is 4.98 Å². The number of fused-ring (bicyclic) bond motifs is 1. The van der Waals surface area contributed by atoms with Crippen molar-refractivity contribution in [3.05, 3.63) is 56.2 Å². The SMILES string of the molecule is Cn1c(=O)c2c(nc(N3CCSCC3)n2Cc2ccc(C(F)(F)F)cc2)n(C)c1=O. The molecule has 0 saturated carbocycles. The zero-order chi connectivity index (χ0) is 21.6. The average Bonchev–Trinajstić information content (AvgIpc) is 3.10. The average molecular weight is 439 g/mol. The Bertz CT molecular complexity index is 1200. The molecule has 0 aliphatic carbocycles. The Labute approximate surface area is 173 Å². The van der Waals surface area contributed by atoms with E-state index in [9.17, 15) is 22.8 Å². The second-order valence-electron chi connectivity index (χ2n) is 7.17. The van der Waals surface area contributed by atoms with Gasteiger partial charge in [-0.1, -0.05) is 12.1 Å². The molecule has 0 bridgehead atoms. The molecule has 3 aromatic rings. The van der Waals surface area contributed by atoms with Crippen molar-refractivity contribution in [2.75, 3.05) is 29.5 Å². The fourth-order valence-corrected chi connectivity index (χ4v) is 4.47. The Kier molecular flexibility index (Phi) is 5.16. The van der Waals surface area contributed by atoms with Crippen LogP contribution >= 0.6 is 11.8 Å². The Balaban J connectivity index is 1.88. The number of benzene rings is 1. The lowest BCUT2D eigenvalue weighted by Crippen LogP contribution is -2.38. The highest BCUT2D eigenvalue weighted by atomic mass is 32.2. The molecule has 3 heterocycles. The Morgan fingerprint density at radius 2 is 1.67 bits per heavy atom. The van der Waals surface area contributed by atoms with Crippen molar-refractivity contribution in [3.63, 3.8) is 0 Å². The smallest absolute Gasteiger partial charge is 0.341 e. The Morgan fingerprint density at radius 3 is 2.27 bits per heavy atom. The summed E-state index contributed by atoms with van der Waals surface area (Å²) in [5, 5.41) is 0. The normalized spacial score (nSPS) is 15.2. The summed E-state index contributed by atoms with van der Waals surface area (Å²) in [5.74, 6) is 2.35. The minimum atomic E-state index is -4.41. The van der Waals surface area contributed by atoms with Gasteiger partial charge in [-0.15, -0.1) is 0 Å². The minimum Gasteiger partial charge on any atom is -0.341 e. The van der Waals surface area contributed by atoms with Gasteiger partial charge in [0.1, 0.15) is 0 Å². The van der Waals surface area contributed by atoms with Crippen LogP contribution in [-0.2, 0) is 26.8 Å². The Hall–Kier alpha value is -2.69. The predicted octanol–water partition coefficient (Wildman–Crippen LogP) is 2.05. The van der Waals surface area contributed by atoms with Crippen LogP contribution in [0, 0.1) is 0 Å². The molecule has 30 heavy (non-hydrogen) atoms. The van der Waals surface area contributed by atoms with E-state index in [1.165, 1.54) is 23.7 Å². The van der Waals surface area contributed by atoms with Crippen molar-refractivity contribution < 1.29 is 13.2 Å². The van der Waals surface area contributed by atoms with Crippen LogP contribution in [-0.4, -0.2) is 43.3 Å². The monoisotopic (exact) mass is 439 g/mol. The van der Waals surface area contributed by atoms with Crippen molar-refractivity contribution in [2.24, 2.45) is 14.1 Å².